The Morgan fingerprint density at radius 1 is 1.23 bits per heavy atom. The van der Waals surface area contributed by atoms with Crippen molar-refractivity contribution in [1.82, 2.24) is 19.5 Å². The van der Waals surface area contributed by atoms with Gasteiger partial charge in [0.05, 0.1) is 18.2 Å². The fourth-order valence-electron chi connectivity index (χ4n) is 4.23. The van der Waals surface area contributed by atoms with Crippen LogP contribution >= 0.6 is 0 Å². The molecule has 0 radical (unpaired) electrons. The monoisotopic (exact) mass is 473 g/mol. The van der Waals surface area contributed by atoms with Crippen LogP contribution < -0.4 is 26.6 Å². The van der Waals surface area contributed by atoms with Gasteiger partial charge < -0.3 is 31.2 Å². The molecule has 0 fully saturated rings. The third kappa shape index (κ3) is 4.24. The van der Waals surface area contributed by atoms with Crippen molar-refractivity contribution in [3.63, 3.8) is 0 Å². The van der Waals surface area contributed by atoms with Gasteiger partial charge in [-0.1, -0.05) is 30.3 Å². The number of hydrogen-bond acceptors (Lipinski definition) is 9. The Kier molecular flexibility index (Phi) is 5.97. The Labute approximate surface area is 201 Å². The molecule has 6 N–H and O–H groups in total. The molecule has 1 aliphatic heterocycles. The molecule has 0 aliphatic carbocycles. The van der Waals surface area contributed by atoms with E-state index in [0.717, 1.165) is 30.5 Å². The number of primary amides is 1. The van der Waals surface area contributed by atoms with E-state index < -0.39 is 13.0 Å². The number of imidazole rings is 1. The number of para-hydroxylation sites is 1. The molecule has 12 heteroatoms. The Bertz CT molecular complexity index is 1420. The lowest BCUT2D eigenvalue weighted by Crippen LogP contribution is -2.30. The van der Waals surface area contributed by atoms with Crippen LogP contribution in [0, 0.1) is 0 Å². The van der Waals surface area contributed by atoms with E-state index in [2.05, 4.69) is 15.6 Å². The molecule has 0 unspecified atom stereocenters. The third-order valence-electron chi connectivity index (χ3n) is 5.90. The molecule has 5 rings (SSSR count). The first-order valence-electron chi connectivity index (χ1n) is 11.2. The number of nitrogens with two attached hydrogens (primary N) is 1. The number of benzene rings is 2. The molecule has 1 aliphatic rings. The Morgan fingerprint density at radius 2 is 2.06 bits per heavy atom. The third-order valence-corrected chi connectivity index (χ3v) is 5.90. The molecule has 0 saturated heterocycles. The van der Waals surface area contributed by atoms with Gasteiger partial charge in [-0.25, -0.2) is 4.57 Å². The molecule has 35 heavy (non-hydrogen) atoms. The minimum atomic E-state index is -1.54. The van der Waals surface area contributed by atoms with Crippen LogP contribution in [0.1, 0.15) is 27.9 Å². The summed E-state index contributed by atoms with van der Waals surface area (Å²) >= 11 is 0. The summed E-state index contributed by atoms with van der Waals surface area (Å²) in [6.45, 7) is 1.20. The van der Waals surface area contributed by atoms with Crippen LogP contribution in [0.3, 0.4) is 0 Å². The lowest BCUT2D eigenvalue weighted by atomic mass is 9.79. The van der Waals surface area contributed by atoms with Crippen LogP contribution in [0.4, 0.5) is 11.6 Å². The molecular weight excluding hydrogens is 449 g/mol. The second kappa shape index (κ2) is 9.24. The minimum Gasteiger partial charge on any atom is -0.468 e. The van der Waals surface area contributed by atoms with E-state index in [1.807, 2.05) is 6.07 Å². The van der Waals surface area contributed by atoms with Gasteiger partial charge in [-0.05, 0) is 36.0 Å². The van der Waals surface area contributed by atoms with E-state index in [1.165, 1.54) is 7.11 Å². The molecule has 0 saturated carbocycles. The number of anilines is 2. The summed E-state index contributed by atoms with van der Waals surface area (Å²) in [5.74, 6) is 1.08. The topological polar surface area (TPSA) is 160 Å². The molecule has 2 aromatic heterocycles. The average molecular weight is 473 g/mol. The van der Waals surface area contributed by atoms with Crippen molar-refractivity contribution in [2.45, 2.75) is 19.4 Å². The second-order valence-electron chi connectivity index (χ2n) is 8.17. The van der Waals surface area contributed by atoms with Crippen molar-refractivity contribution >= 4 is 41.2 Å². The molecule has 4 aromatic rings. The van der Waals surface area contributed by atoms with E-state index in [0.29, 0.717) is 40.6 Å². The normalized spacial score (nSPS) is 12.7. The summed E-state index contributed by atoms with van der Waals surface area (Å²) in [5, 5.41) is 25.7. The number of methoxy groups -OCH3 is 1. The first-order valence-corrected chi connectivity index (χ1v) is 11.2. The van der Waals surface area contributed by atoms with Crippen molar-refractivity contribution < 1.29 is 19.6 Å². The van der Waals surface area contributed by atoms with Gasteiger partial charge in [0.2, 0.25) is 5.95 Å². The van der Waals surface area contributed by atoms with Crippen LogP contribution in [0.25, 0.3) is 17.0 Å². The quantitative estimate of drug-likeness (QED) is 0.242. The van der Waals surface area contributed by atoms with Gasteiger partial charge in [-0.15, -0.1) is 0 Å². The first kappa shape index (κ1) is 22.6. The van der Waals surface area contributed by atoms with Gasteiger partial charge in [0.15, 0.2) is 0 Å². The van der Waals surface area contributed by atoms with Crippen LogP contribution in [0.2, 0.25) is 0 Å². The summed E-state index contributed by atoms with van der Waals surface area (Å²) in [5.41, 5.74) is 9.05. The average Bonchev–Trinajstić information content (AvgIpc) is 3.26. The van der Waals surface area contributed by atoms with Gasteiger partial charge in [0, 0.05) is 18.7 Å². The van der Waals surface area contributed by atoms with Gasteiger partial charge in [-0.3, -0.25) is 4.79 Å². The number of ether oxygens (including phenoxy) is 1. The number of aromatic nitrogens is 4. The highest BCUT2D eigenvalue weighted by Gasteiger charge is 2.23. The zero-order valence-electron chi connectivity index (χ0n) is 19.0. The van der Waals surface area contributed by atoms with Crippen molar-refractivity contribution in [2.24, 2.45) is 5.73 Å². The Morgan fingerprint density at radius 3 is 2.83 bits per heavy atom. The smallest absolute Gasteiger partial charge is 0.468 e. The maximum atomic E-state index is 11.9. The number of nitrogens with one attached hydrogen (secondary N) is 2. The van der Waals surface area contributed by atoms with E-state index in [9.17, 15) is 14.8 Å². The van der Waals surface area contributed by atoms with Gasteiger partial charge in [0.25, 0.3) is 5.91 Å². The van der Waals surface area contributed by atoms with Crippen LogP contribution in [-0.2, 0) is 13.0 Å². The molecule has 11 nitrogen and oxygen atoms in total. The SMILES string of the molecule is COc1nc2c(C(N)=O)cccc2n1-c1nc2c(c(NCc3cccc(B(O)O)c3)n1)CCCN2. The maximum Gasteiger partial charge on any atom is 0.488 e. The van der Waals surface area contributed by atoms with Crippen molar-refractivity contribution in [3.8, 4) is 12.0 Å². The highest BCUT2D eigenvalue weighted by Crippen LogP contribution is 2.31. The summed E-state index contributed by atoms with van der Waals surface area (Å²) in [6.07, 6.45) is 1.74. The Balaban J connectivity index is 1.59. The molecular formula is C23H24BN7O4. The van der Waals surface area contributed by atoms with Crippen molar-refractivity contribution in [1.29, 1.82) is 0 Å². The highest BCUT2D eigenvalue weighted by atomic mass is 16.5. The fraction of sp³-hybridized carbons (Fsp3) is 0.217. The molecule has 3 heterocycles. The van der Waals surface area contributed by atoms with E-state index in [1.54, 1.807) is 41.0 Å². The predicted octanol–water partition coefficient (Wildman–Crippen LogP) is 0.573. The molecule has 2 aromatic carbocycles. The number of carbonyl (C=O) groups excluding carboxylic acids is 1. The number of hydrogen-bond donors (Lipinski definition) is 5. The van der Waals surface area contributed by atoms with Crippen LogP contribution in [0.5, 0.6) is 6.01 Å². The van der Waals surface area contributed by atoms with Gasteiger partial charge in [0.1, 0.15) is 17.2 Å². The zero-order chi connectivity index (χ0) is 24.5. The summed E-state index contributed by atoms with van der Waals surface area (Å²) < 4.78 is 7.14. The van der Waals surface area contributed by atoms with Crippen LogP contribution in [0.15, 0.2) is 42.5 Å². The van der Waals surface area contributed by atoms with E-state index >= 15 is 0 Å². The predicted molar refractivity (Wildman–Crippen MR) is 132 cm³/mol. The molecule has 0 atom stereocenters. The fourth-order valence-corrected chi connectivity index (χ4v) is 4.23. The minimum absolute atomic E-state index is 0.222. The van der Waals surface area contributed by atoms with E-state index in [4.69, 9.17) is 20.4 Å². The molecule has 178 valence electrons. The highest BCUT2D eigenvalue weighted by molar-refractivity contribution is 6.58. The van der Waals surface area contributed by atoms with Gasteiger partial charge in [-0.2, -0.15) is 15.0 Å². The summed E-state index contributed by atoms with van der Waals surface area (Å²) in [7, 11) is -0.0510. The van der Waals surface area contributed by atoms with Crippen molar-refractivity contribution in [2.75, 3.05) is 24.3 Å². The molecule has 1 amide bonds. The van der Waals surface area contributed by atoms with Gasteiger partial charge >= 0.3 is 13.1 Å². The molecule has 0 spiro atoms. The standard InChI is InChI=1S/C23H24BN7O4/c1-35-23-28-18-15(19(25)32)7-3-9-17(18)31(23)22-29-20-16(8-4-10-26-20)21(30-22)27-12-13-5-2-6-14(11-13)24(33)34/h2-3,5-7,9,11,33-34H,4,8,10,12H2,1H3,(H2,25,32)(H2,26,27,29,30). The second-order valence-corrected chi connectivity index (χ2v) is 8.17. The molecule has 0 bridgehead atoms. The lowest BCUT2D eigenvalue weighted by Gasteiger charge is -2.21. The largest absolute Gasteiger partial charge is 0.488 e. The number of amides is 1. The van der Waals surface area contributed by atoms with Crippen molar-refractivity contribution in [3.05, 3.63) is 59.2 Å². The maximum absolute atomic E-state index is 11.9. The number of rotatable bonds is 7. The lowest BCUT2D eigenvalue weighted by molar-refractivity contribution is 0.100. The van der Waals surface area contributed by atoms with E-state index in [-0.39, 0.29) is 11.6 Å². The summed E-state index contributed by atoms with van der Waals surface area (Å²) in [6, 6.07) is 12.4. The zero-order valence-corrected chi connectivity index (χ0v) is 19.0. The number of carbonyl (C=O) groups is 1. The first-order chi connectivity index (χ1) is 17.0. The van der Waals surface area contributed by atoms with Crippen LogP contribution in [-0.4, -0.2) is 56.2 Å². The Hall–Kier alpha value is -4.16. The number of nitrogens with zero attached hydrogens (tertiary/aromatic N) is 4. The number of fused-ring (bicyclic) bond motifs is 2. The summed E-state index contributed by atoms with van der Waals surface area (Å²) in [4.78, 5) is 25.9.